The van der Waals surface area contributed by atoms with Crippen molar-refractivity contribution in [3.8, 4) is 0 Å². The van der Waals surface area contributed by atoms with E-state index in [1.807, 2.05) is 31.2 Å². The van der Waals surface area contributed by atoms with Gasteiger partial charge in [-0.2, -0.15) is 0 Å². The number of halogens is 1. The predicted octanol–water partition coefficient (Wildman–Crippen LogP) is 4.17. The number of benzene rings is 2. The van der Waals surface area contributed by atoms with E-state index >= 15 is 0 Å². The first kappa shape index (κ1) is 21.9. The van der Waals surface area contributed by atoms with Crippen molar-refractivity contribution in [2.45, 2.75) is 55.9 Å². The fraction of sp³-hybridized carbons (Fsp3) is 0.429. The second-order valence-electron chi connectivity index (χ2n) is 7.84. The lowest BCUT2D eigenvalue weighted by Gasteiger charge is -2.20. The zero-order valence-electron chi connectivity index (χ0n) is 16.2. The first-order valence-corrected chi connectivity index (χ1v) is 10.9. The normalized spacial score (nSPS) is 14.7. The Hall–Kier alpha value is -1.40. The maximum Gasteiger partial charge on any atom is 0.183 e. The monoisotopic (exact) mass is 409 g/mol. The summed E-state index contributed by atoms with van der Waals surface area (Å²) in [7, 11) is -3.34. The van der Waals surface area contributed by atoms with Crippen LogP contribution >= 0.6 is 11.6 Å². The van der Waals surface area contributed by atoms with Crippen LogP contribution in [0.2, 0.25) is 5.02 Å². The van der Waals surface area contributed by atoms with Crippen molar-refractivity contribution in [1.29, 1.82) is 0 Å². The molecule has 27 heavy (non-hydrogen) atoms. The molecule has 0 radical (unpaired) electrons. The van der Waals surface area contributed by atoms with Gasteiger partial charge in [-0.15, -0.1) is 0 Å². The molecule has 2 N–H and O–H groups in total. The van der Waals surface area contributed by atoms with Crippen LogP contribution in [-0.4, -0.2) is 30.9 Å². The lowest BCUT2D eigenvalue weighted by atomic mass is 10.1. The summed E-state index contributed by atoms with van der Waals surface area (Å²) in [5.41, 5.74) is 1.82. The van der Waals surface area contributed by atoms with Crippen LogP contribution in [0.25, 0.3) is 0 Å². The Balaban J connectivity index is 1.93. The standard InChI is InChI=1S/C21H28ClNO3S/c1-15(23-14-20(24)17-6-5-7-18(22)13-17)12-16-8-10-19(11-9-16)27(25,26)21(2,3)4/h5-11,13,15,20,23-24H,12,14H2,1-4H3. The molecule has 2 aromatic rings. The highest BCUT2D eigenvalue weighted by Gasteiger charge is 2.30. The van der Waals surface area contributed by atoms with E-state index in [2.05, 4.69) is 5.32 Å². The zero-order chi connectivity index (χ0) is 20.2. The van der Waals surface area contributed by atoms with E-state index in [-0.39, 0.29) is 6.04 Å². The van der Waals surface area contributed by atoms with Gasteiger partial charge in [-0.25, -0.2) is 8.42 Å². The smallest absolute Gasteiger partial charge is 0.183 e. The third-order valence-corrected chi connectivity index (χ3v) is 7.22. The number of aliphatic hydroxyl groups excluding tert-OH is 1. The van der Waals surface area contributed by atoms with E-state index in [0.29, 0.717) is 16.5 Å². The summed E-state index contributed by atoms with van der Waals surface area (Å²) in [6, 6.07) is 14.4. The summed E-state index contributed by atoms with van der Waals surface area (Å²) in [4.78, 5) is 0.343. The summed E-state index contributed by atoms with van der Waals surface area (Å²) in [5, 5.41) is 14.2. The number of nitrogens with one attached hydrogen (secondary N) is 1. The second-order valence-corrected chi connectivity index (χ2v) is 11.0. The fourth-order valence-electron chi connectivity index (χ4n) is 2.73. The van der Waals surface area contributed by atoms with Crippen LogP contribution in [0, 0.1) is 0 Å². The first-order valence-electron chi connectivity index (χ1n) is 9.01. The summed E-state index contributed by atoms with van der Waals surface area (Å²) in [6.07, 6.45) is 0.100. The van der Waals surface area contributed by atoms with Crippen LogP contribution in [0.1, 0.15) is 44.9 Å². The van der Waals surface area contributed by atoms with E-state index in [0.717, 1.165) is 17.5 Å². The van der Waals surface area contributed by atoms with Crippen molar-refractivity contribution in [2.24, 2.45) is 0 Å². The maximum atomic E-state index is 12.5. The summed E-state index contributed by atoms with van der Waals surface area (Å²) < 4.78 is 24.1. The third kappa shape index (κ3) is 5.79. The van der Waals surface area contributed by atoms with Gasteiger partial charge < -0.3 is 10.4 Å². The first-order chi connectivity index (χ1) is 12.5. The van der Waals surface area contributed by atoms with Gasteiger partial charge in [-0.05, 0) is 69.5 Å². The van der Waals surface area contributed by atoms with Crippen molar-refractivity contribution >= 4 is 21.4 Å². The fourth-order valence-corrected chi connectivity index (χ4v) is 4.13. The van der Waals surface area contributed by atoms with Crippen molar-refractivity contribution in [3.63, 3.8) is 0 Å². The molecular formula is C21H28ClNO3S. The van der Waals surface area contributed by atoms with Gasteiger partial charge in [0, 0.05) is 17.6 Å². The van der Waals surface area contributed by atoms with Gasteiger partial charge in [0.05, 0.1) is 15.7 Å². The van der Waals surface area contributed by atoms with Gasteiger partial charge in [0.1, 0.15) is 0 Å². The molecule has 0 aliphatic heterocycles. The van der Waals surface area contributed by atoms with Crippen molar-refractivity contribution in [2.75, 3.05) is 6.54 Å². The summed E-state index contributed by atoms with van der Waals surface area (Å²) in [5.74, 6) is 0. The molecule has 0 spiro atoms. The number of rotatable bonds is 7. The topological polar surface area (TPSA) is 66.4 Å². The van der Waals surface area contributed by atoms with E-state index in [1.165, 1.54) is 0 Å². The average molecular weight is 410 g/mol. The molecule has 0 aliphatic carbocycles. The number of hydrogen-bond acceptors (Lipinski definition) is 4. The molecule has 0 heterocycles. The highest BCUT2D eigenvalue weighted by atomic mass is 35.5. The minimum atomic E-state index is -3.34. The largest absolute Gasteiger partial charge is 0.387 e. The van der Waals surface area contributed by atoms with Crippen LogP contribution < -0.4 is 5.32 Å². The van der Waals surface area contributed by atoms with Gasteiger partial charge >= 0.3 is 0 Å². The van der Waals surface area contributed by atoms with Crippen molar-refractivity contribution in [3.05, 3.63) is 64.7 Å². The highest BCUT2D eigenvalue weighted by molar-refractivity contribution is 7.92. The van der Waals surface area contributed by atoms with Gasteiger partial charge in [0.2, 0.25) is 0 Å². The van der Waals surface area contributed by atoms with Crippen molar-refractivity contribution < 1.29 is 13.5 Å². The lowest BCUT2D eigenvalue weighted by Crippen LogP contribution is -2.32. The van der Waals surface area contributed by atoms with Gasteiger partial charge in [-0.1, -0.05) is 35.9 Å². The molecule has 0 fully saturated rings. The zero-order valence-corrected chi connectivity index (χ0v) is 17.8. The van der Waals surface area contributed by atoms with Crippen LogP contribution in [0.15, 0.2) is 53.4 Å². The molecule has 6 heteroatoms. The Bertz CT molecular complexity index is 858. The average Bonchev–Trinajstić information content (AvgIpc) is 2.59. The summed E-state index contributed by atoms with van der Waals surface area (Å²) in [6.45, 7) is 7.55. The van der Waals surface area contributed by atoms with Gasteiger partial charge in [-0.3, -0.25) is 0 Å². The second kappa shape index (κ2) is 8.74. The molecule has 4 nitrogen and oxygen atoms in total. The third-order valence-electron chi connectivity index (χ3n) is 4.47. The molecule has 0 saturated carbocycles. The highest BCUT2D eigenvalue weighted by Crippen LogP contribution is 2.25. The maximum absolute atomic E-state index is 12.5. The molecule has 0 aromatic heterocycles. The number of sulfone groups is 1. The van der Waals surface area contributed by atoms with E-state index in [9.17, 15) is 13.5 Å². The van der Waals surface area contributed by atoms with Crippen LogP contribution in [0.4, 0.5) is 0 Å². The molecule has 2 atom stereocenters. The van der Waals surface area contributed by atoms with Crippen LogP contribution in [-0.2, 0) is 16.3 Å². The van der Waals surface area contributed by atoms with E-state index < -0.39 is 20.7 Å². The minimum absolute atomic E-state index is 0.129. The van der Waals surface area contributed by atoms with Gasteiger partial charge in [0.15, 0.2) is 9.84 Å². The van der Waals surface area contributed by atoms with E-state index in [1.54, 1.807) is 45.0 Å². The molecule has 0 bridgehead atoms. The molecule has 0 aliphatic rings. The Labute approximate surface area is 167 Å². The lowest BCUT2D eigenvalue weighted by molar-refractivity contribution is 0.170. The molecule has 0 saturated heterocycles. The quantitative estimate of drug-likeness (QED) is 0.720. The molecule has 2 unspecified atom stereocenters. The summed E-state index contributed by atoms with van der Waals surface area (Å²) >= 11 is 5.96. The number of aliphatic hydroxyl groups is 1. The Morgan fingerprint density at radius 2 is 1.74 bits per heavy atom. The van der Waals surface area contributed by atoms with E-state index in [4.69, 9.17) is 11.6 Å². The van der Waals surface area contributed by atoms with Crippen LogP contribution in [0.3, 0.4) is 0 Å². The Morgan fingerprint density at radius 1 is 1.11 bits per heavy atom. The van der Waals surface area contributed by atoms with Crippen molar-refractivity contribution in [1.82, 2.24) is 5.32 Å². The molecule has 148 valence electrons. The minimum Gasteiger partial charge on any atom is -0.387 e. The Kier molecular flexibility index (Phi) is 7.09. The molecule has 0 amide bonds. The Morgan fingerprint density at radius 3 is 2.30 bits per heavy atom. The van der Waals surface area contributed by atoms with Gasteiger partial charge in [0.25, 0.3) is 0 Å². The molecule has 2 aromatic carbocycles. The SMILES string of the molecule is CC(Cc1ccc(S(=O)(=O)C(C)(C)C)cc1)NCC(O)c1cccc(Cl)c1. The van der Waals surface area contributed by atoms with Crippen LogP contribution in [0.5, 0.6) is 0 Å². The molecular weight excluding hydrogens is 382 g/mol. The predicted molar refractivity (Wildman–Crippen MR) is 111 cm³/mol. The number of hydrogen-bond donors (Lipinski definition) is 2. The molecule has 2 rings (SSSR count).